The molecule has 0 spiro atoms. The molecule has 0 aliphatic heterocycles. The molecule has 13 nitrogen and oxygen atoms in total. The van der Waals surface area contributed by atoms with Crippen LogP contribution in [0.25, 0.3) is 22.2 Å². The number of fused-ring (bicyclic) bond motifs is 1. The van der Waals surface area contributed by atoms with Crippen molar-refractivity contribution in [1.82, 2.24) is 25.1 Å². The molecule has 4 aromatic rings. The number of amides is 1. The van der Waals surface area contributed by atoms with Gasteiger partial charge in [-0.25, -0.2) is 27.5 Å². The number of hydrogen-bond donors (Lipinski definition) is 2. The highest BCUT2D eigenvalue weighted by molar-refractivity contribution is 7.92. The van der Waals surface area contributed by atoms with E-state index < -0.39 is 56.2 Å². The Balaban J connectivity index is 1.90. The predicted molar refractivity (Wildman–Crippen MR) is 219 cm³/mol. The highest BCUT2D eigenvalue weighted by Crippen LogP contribution is 2.37. The van der Waals surface area contributed by atoms with Crippen LogP contribution in [0.4, 0.5) is 29.2 Å². The lowest BCUT2D eigenvalue weighted by molar-refractivity contribution is -0.127. The van der Waals surface area contributed by atoms with Crippen molar-refractivity contribution >= 4 is 54.6 Å². The summed E-state index contributed by atoms with van der Waals surface area (Å²) >= 11 is 0. The molecule has 0 aliphatic rings. The molecule has 0 saturated heterocycles. The van der Waals surface area contributed by atoms with E-state index in [0.717, 1.165) is 40.3 Å². The molecule has 20 heteroatoms. The van der Waals surface area contributed by atoms with Crippen molar-refractivity contribution < 1.29 is 45.0 Å². The topological polar surface area (TPSA) is 150 Å². The van der Waals surface area contributed by atoms with Gasteiger partial charge in [-0.3, -0.25) is 9.10 Å². The second-order valence-electron chi connectivity index (χ2n) is 16.3. The molecule has 0 saturated carbocycles. The van der Waals surface area contributed by atoms with E-state index in [1.807, 2.05) is 0 Å². The van der Waals surface area contributed by atoms with Gasteiger partial charge in [0.2, 0.25) is 10.0 Å². The summed E-state index contributed by atoms with van der Waals surface area (Å²) in [7, 11) is -3.87. The standard InChI is InChI=1S/C37H53F4N7O6SSi2/c1-24-15-26(35(44-20-24)47(3)55(4,50)51)21-43-34-32-30(48(46-33(32)36(49)42-2)22-52-11-13-56(5,6)7)18-29(45-34)27-17-28(38)31(16-25(27)19-37(39,40)41)54-23-53-12-14-57(8,9)10/h15-18,20H,11-14,19,21-23H2,1-10H3,(H,42,49)(H,43,45). The first-order chi connectivity index (χ1) is 26.4. The Hall–Kier alpha value is -4.12. The van der Waals surface area contributed by atoms with Crippen LogP contribution in [0.1, 0.15) is 27.2 Å². The average molecular weight is 856 g/mol. The monoisotopic (exact) mass is 855 g/mol. The minimum Gasteiger partial charge on any atom is -0.464 e. The summed E-state index contributed by atoms with van der Waals surface area (Å²) in [6, 6.07) is 6.74. The zero-order valence-electron chi connectivity index (χ0n) is 34.1. The lowest BCUT2D eigenvalue weighted by atomic mass is 9.99. The molecule has 2 N–H and O–H groups in total. The number of anilines is 2. The van der Waals surface area contributed by atoms with Gasteiger partial charge in [-0.1, -0.05) is 39.3 Å². The van der Waals surface area contributed by atoms with Crippen LogP contribution in [0.5, 0.6) is 5.75 Å². The van der Waals surface area contributed by atoms with Gasteiger partial charge in [0.15, 0.2) is 24.1 Å². The van der Waals surface area contributed by atoms with Gasteiger partial charge < -0.3 is 24.8 Å². The molecule has 0 radical (unpaired) electrons. The van der Waals surface area contributed by atoms with Crippen LogP contribution >= 0.6 is 0 Å². The number of sulfonamides is 1. The number of hydrogen-bond acceptors (Lipinski definition) is 10. The van der Waals surface area contributed by atoms with Crippen molar-refractivity contribution in [3.63, 3.8) is 0 Å². The lowest BCUT2D eigenvalue weighted by Gasteiger charge is -2.20. The number of nitrogens with one attached hydrogen (secondary N) is 2. The number of carbonyl (C=O) groups excluding carboxylic acids is 1. The van der Waals surface area contributed by atoms with E-state index in [1.54, 1.807) is 13.0 Å². The Morgan fingerprint density at radius 3 is 2.23 bits per heavy atom. The number of aryl methyl sites for hydroxylation is 1. The zero-order chi connectivity index (χ0) is 42.5. The predicted octanol–water partition coefficient (Wildman–Crippen LogP) is 7.42. The van der Waals surface area contributed by atoms with E-state index in [9.17, 15) is 26.4 Å². The maximum absolute atomic E-state index is 15.8. The number of nitrogens with zero attached hydrogens (tertiary/aromatic N) is 5. The minimum absolute atomic E-state index is 0.0124. The molecule has 1 aromatic carbocycles. The lowest BCUT2D eigenvalue weighted by Crippen LogP contribution is -2.27. The van der Waals surface area contributed by atoms with E-state index in [-0.39, 0.29) is 65.1 Å². The summed E-state index contributed by atoms with van der Waals surface area (Å²) < 4.78 is 103. The first-order valence-corrected chi connectivity index (χ1v) is 27.6. The molecule has 3 aromatic heterocycles. The van der Waals surface area contributed by atoms with Crippen LogP contribution < -0.4 is 19.7 Å². The highest BCUT2D eigenvalue weighted by Gasteiger charge is 2.31. The number of pyridine rings is 2. The SMILES string of the molecule is CNC(=O)c1nn(COCC[Si](C)(C)C)c2cc(-c3cc(F)c(OCOCC[Si](C)(C)C)cc3CC(F)(F)F)nc(NCc3cc(C)cnc3N(C)S(C)(=O)=O)c12. The normalized spacial score (nSPS) is 12.6. The van der Waals surface area contributed by atoms with Gasteiger partial charge in [-0.05, 0) is 54.4 Å². The van der Waals surface area contributed by atoms with Crippen molar-refractivity contribution in [2.75, 3.05) is 50.0 Å². The van der Waals surface area contributed by atoms with Crippen molar-refractivity contribution in [2.45, 2.75) is 84.2 Å². The third-order valence-electron chi connectivity index (χ3n) is 8.83. The number of aromatic nitrogens is 4. The van der Waals surface area contributed by atoms with Crippen LogP contribution in [-0.2, 0) is 39.2 Å². The van der Waals surface area contributed by atoms with E-state index in [0.29, 0.717) is 18.8 Å². The van der Waals surface area contributed by atoms with Gasteiger partial charge in [0, 0.05) is 67.3 Å². The van der Waals surface area contributed by atoms with Crippen LogP contribution in [-0.4, -0.2) is 96.8 Å². The Kier molecular flexibility index (Phi) is 14.6. The maximum Gasteiger partial charge on any atom is 0.393 e. The third-order valence-corrected chi connectivity index (χ3v) is 13.4. The molecule has 0 atom stereocenters. The Bertz CT molecular complexity index is 2170. The molecule has 314 valence electrons. The van der Waals surface area contributed by atoms with E-state index in [1.165, 1.54) is 31.0 Å². The van der Waals surface area contributed by atoms with Gasteiger partial charge in [-0.2, -0.15) is 18.3 Å². The molecule has 0 aliphatic carbocycles. The summed E-state index contributed by atoms with van der Waals surface area (Å²) in [4.78, 5) is 22.3. The van der Waals surface area contributed by atoms with Crippen LogP contribution in [0.2, 0.25) is 51.4 Å². The summed E-state index contributed by atoms with van der Waals surface area (Å²) in [5.41, 5.74) is 0.799. The number of rotatable bonds is 19. The molecule has 0 unspecified atom stereocenters. The first-order valence-electron chi connectivity index (χ1n) is 18.3. The van der Waals surface area contributed by atoms with Crippen molar-refractivity contribution in [1.29, 1.82) is 0 Å². The smallest absolute Gasteiger partial charge is 0.393 e. The van der Waals surface area contributed by atoms with Crippen molar-refractivity contribution in [2.24, 2.45) is 0 Å². The van der Waals surface area contributed by atoms with Gasteiger partial charge >= 0.3 is 6.18 Å². The minimum atomic E-state index is -4.69. The van der Waals surface area contributed by atoms with Gasteiger partial charge in [0.25, 0.3) is 5.91 Å². The molecular weight excluding hydrogens is 803 g/mol. The highest BCUT2D eigenvalue weighted by atomic mass is 32.2. The average Bonchev–Trinajstić information content (AvgIpc) is 3.46. The van der Waals surface area contributed by atoms with Crippen LogP contribution in [0, 0.1) is 12.7 Å². The molecule has 0 bridgehead atoms. The molecule has 3 heterocycles. The summed E-state index contributed by atoms with van der Waals surface area (Å²) in [5.74, 6) is -1.79. The largest absolute Gasteiger partial charge is 0.464 e. The fourth-order valence-corrected chi connectivity index (χ4v) is 7.58. The van der Waals surface area contributed by atoms with Gasteiger partial charge in [0.1, 0.15) is 18.4 Å². The first kappa shape index (κ1) is 45.6. The summed E-state index contributed by atoms with van der Waals surface area (Å²) in [6.45, 7) is 15.0. The Morgan fingerprint density at radius 2 is 1.63 bits per heavy atom. The third kappa shape index (κ3) is 12.9. The molecule has 0 fully saturated rings. The molecule has 1 amide bonds. The molecule has 57 heavy (non-hydrogen) atoms. The van der Waals surface area contributed by atoms with Crippen LogP contribution in [0.3, 0.4) is 0 Å². The second-order valence-corrected chi connectivity index (χ2v) is 29.6. The number of alkyl halides is 3. The van der Waals surface area contributed by atoms with E-state index in [4.69, 9.17) is 19.2 Å². The quantitative estimate of drug-likeness (QED) is 0.0423. The number of benzene rings is 1. The second kappa shape index (κ2) is 18.2. The van der Waals surface area contributed by atoms with Crippen molar-refractivity contribution in [3.05, 3.63) is 58.7 Å². The van der Waals surface area contributed by atoms with Crippen LogP contribution in [0.15, 0.2) is 30.5 Å². The zero-order valence-corrected chi connectivity index (χ0v) is 37.0. The Morgan fingerprint density at radius 1 is 0.982 bits per heavy atom. The molecule has 4 rings (SSSR count). The Labute approximate surface area is 333 Å². The number of carbonyl (C=O) groups is 1. The maximum atomic E-state index is 15.8. The number of halogens is 4. The van der Waals surface area contributed by atoms with Gasteiger partial charge in [-0.15, -0.1) is 0 Å². The van der Waals surface area contributed by atoms with E-state index in [2.05, 4.69) is 60.0 Å². The number of ether oxygens (including phenoxy) is 3. The molecular formula is C37H53F4N7O6SSi2. The van der Waals surface area contributed by atoms with E-state index >= 15 is 4.39 Å². The fraction of sp³-hybridized carbons (Fsp3) is 0.514. The van der Waals surface area contributed by atoms with Gasteiger partial charge in [0.05, 0.1) is 29.3 Å². The summed E-state index contributed by atoms with van der Waals surface area (Å²) in [6.07, 6.45) is -3.58. The van der Waals surface area contributed by atoms with Crippen molar-refractivity contribution in [3.8, 4) is 17.0 Å². The fourth-order valence-electron chi connectivity index (χ4n) is 5.59. The summed E-state index contributed by atoms with van der Waals surface area (Å²) in [5, 5.41) is 10.5.